The number of hydrogen-bond acceptors (Lipinski definition) is 6. The second-order valence-electron chi connectivity index (χ2n) is 4.08. The Bertz CT molecular complexity index is 753. The van der Waals surface area contributed by atoms with Crippen molar-refractivity contribution < 1.29 is 23.1 Å². The molecule has 0 aliphatic rings. The number of nitrogens with zero attached hydrogens (tertiary/aromatic N) is 3. The van der Waals surface area contributed by atoms with Crippen molar-refractivity contribution in [3.63, 3.8) is 0 Å². The fourth-order valence-corrected chi connectivity index (χ4v) is 1.68. The Morgan fingerprint density at radius 1 is 1.26 bits per heavy atom. The molecule has 0 saturated heterocycles. The quantitative estimate of drug-likeness (QED) is 0.514. The van der Waals surface area contributed by atoms with Gasteiger partial charge in [0, 0.05) is 7.05 Å². The summed E-state index contributed by atoms with van der Waals surface area (Å²) in [6, 6.07) is 6.16. The molecular formula is C14H12F2N4O3. The maximum Gasteiger partial charge on any atom is 0.273 e. The van der Waals surface area contributed by atoms with Crippen molar-refractivity contribution in [3.05, 3.63) is 47.9 Å². The molecule has 1 amide bonds. The minimum atomic E-state index is -1.34. The second kappa shape index (κ2) is 7.25. The van der Waals surface area contributed by atoms with E-state index < -0.39 is 23.6 Å². The zero-order valence-electron chi connectivity index (χ0n) is 12.2. The molecule has 0 aliphatic heterocycles. The summed E-state index contributed by atoms with van der Waals surface area (Å²) in [7, 11) is 2.68. The van der Waals surface area contributed by atoms with Crippen molar-refractivity contribution in [1.29, 1.82) is 0 Å². The van der Waals surface area contributed by atoms with E-state index in [0.29, 0.717) is 0 Å². The van der Waals surface area contributed by atoms with Gasteiger partial charge in [-0.3, -0.25) is 4.79 Å². The molecule has 7 nitrogen and oxygen atoms in total. The van der Waals surface area contributed by atoms with E-state index in [9.17, 15) is 13.6 Å². The summed E-state index contributed by atoms with van der Waals surface area (Å²) < 4.78 is 32.0. The molecule has 1 aromatic carbocycles. The van der Waals surface area contributed by atoms with Crippen LogP contribution in [0.5, 0.6) is 11.6 Å². The van der Waals surface area contributed by atoms with Crippen molar-refractivity contribution in [1.82, 2.24) is 15.3 Å². The molecule has 0 aliphatic carbocycles. The first-order chi connectivity index (χ1) is 11.1. The number of carbonyl (C=O) groups excluding carboxylic acids is 1. The summed E-state index contributed by atoms with van der Waals surface area (Å²) in [5.41, 5.74) is 0.118. The van der Waals surface area contributed by atoms with Crippen LogP contribution in [0.4, 0.5) is 8.78 Å². The predicted octanol–water partition coefficient (Wildman–Crippen LogP) is 1.64. The van der Waals surface area contributed by atoms with Crippen molar-refractivity contribution in [3.8, 4) is 11.6 Å². The number of benzene rings is 1. The SMILES string of the molecule is CNC(=O)/C(=N/OC)c1ccccc1Oc1ncnc(F)c1F. The van der Waals surface area contributed by atoms with Crippen molar-refractivity contribution >= 4 is 11.6 Å². The van der Waals surface area contributed by atoms with Gasteiger partial charge in [0.05, 0.1) is 5.56 Å². The van der Waals surface area contributed by atoms with Crippen LogP contribution >= 0.6 is 0 Å². The molecule has 2 rings (SSSR count). The molecule has 0 saturated carbocycles. The summed E-state index contributed by atoms with van der Waals surface area (Å²) in [6.45, 7) is 0. The Kier molecular flexibility index (Phi) is 5.13. The largest absolute Gasteiger partial charge is 0.436 e. The van der Waals surface area contributed by atoms with Crippen LogP contribution in [0.15, 0.2) is 35.7 Å². The Morgan fingerprint density at radius 3 is 2.70 bits per heavy atom. The first kappa shape index (κ1) is 16.3. The normalized spacial score (nSPS) is 11.0. The van der Waals surface area contributed by atoms with Gasteiger partial charge in [0.1, 0.15) is 19.2 Å². The number of aromatic nitrogens is 2. The standard InChI is InChI=1S/C14H12F2N4O3/c1-17-13(21)11(20-22-2)8-5-3-4-6-9(8)23-14-10(15)12(16)18-7-19-14/h3-7H,1-2H3,(H,17,21)/b20-11+. The number of carbonyl (C=O) groups is 1. The second-order valence-corrected chi connectivity index (χ2v) is 4.08. The number of nitrogens with one attached hydrogen (secondary N) is 1. The third kappa shape index (κ3) is 3.57. The number of rotatable bonds is 5. The lowest BCUT2D eigenvalue weighted by Crippen LogP contribution is -2.28. The molecule has 120 valence electrons. The van der Waals surface area contributed by atoms with Crippen LogP contribution < -0.4 is 10.1 Å². The van der Waals surface area contributed by atoms with E-state index >= 15 is 0 Å². The molecule has 1 heterocycles. The predicted molar refractivity (Wildman–Crippen MR) is 76.1 cm³/mol. The van der Waals surface area contributed by atoms with Gasteiger partial charge in [0.25, 0.3) is 17.7 Å². The Balaban J connectivity index is 2.47. The highest BCUT2D eigenvalue weighted by molar-refractivity contribution is 6.45. The van der Waals surface area contributed by atoms with E-state index in [4.69, 9.17) is 4.74 Å². The summed E-state index contributed by atoms with van der Waals surface area (Å²) in [4.78, 5) is 23.1. The summed E-state index contributed by atoms with van der Waals surface area (Å²) in [6.07, 6.45) is 0.819. The number of amides is 1. The zero-order valence-corrected chi connectivity index (χ0v) is 12.2. The molecular weight excluding hydrogens is 310 g/mol. The van der Waals surface area contributed by atoms with E-state index in [1.165, 1.54) is 26.3 Å². The lowest BCUT2D eigenvalue weighted by atomic mass is 10.1. The molecule has 0 bridgehead atoms. The van der Waals surface area contributed by atoms with Crippen molar-refractivity contribution in [2.45, 2.75) is 0 Å². The highest BCUT2D eigenvalue weighted by atomic mass is 19.2. The van der Waals surface area contributed by atoms with Gasteiger partial charge in [-0.2, -0.15) is 13.8 Å². The molecule has 9 heteroatoms. The molecule has 0 radical (unpaired) electrons. The topological polar surface area (TPSA) is 85.7 Å². The Hall–Kier alpha value is -3.10. The highest BCUT2D eigenvalue weighted by Crippen LogP contribution is 2.26. The molecule has 1 N–H and O–H groups in total. The average Bonchev–Trinajstić information content (AvgIpc) is 2.57. The lowest BCUT2D eigenvalue weighted by Gasteiger charge is -2.11. The zero-order chi connectivity index (χ0) is 16.8. The Morgan fingerprint density at radius 2 is 2.00 bits per heavy atom. The van der Waals surface area contributed by atoms with Gasteiger partial charge < -0.3 is 14.9 Å². The Labute approximate surface area is 130 Å². The van der Waals surface area contributed by atoms with Gasteiger partial charge in [-0.05, 0) is 12.1 Å². The van der Waals surface area contributed by atoms with Crippen LogP contribution in [0.1, 0.15) is 5.56 Å². The van der Waals surface area contributed by atoms with Gasteiger partial charge in [-0.25, -0.2) is 4.98 Å². The van der Waals surface area contributed by atoms with E-state index in [-0.39, 0.29) is 17.0 Å². The third-order valence-electron chi connectivity index (χ3n) is 2.69. The first-order valence-corrected chi connectivity index (χ1v) is 6.35. The van der Waals surface area contributed by atoms with Crippen molar-refractivity contribution in [2.24, 2.45) is 5.16 Å². The molecule has 1 aromatic heterocycles. The van der Waals surface area contributed by atoms with Gasteiger partial charge in [-0.1, -0.05) is 17.3 Å². The van der Waals surface area contributed by atoms with Gasteiger partial charge in [0.2, 0.25) is 5.82 Å². The first-order valence-electron chi connectivity index (χ1n) is 6.35. The average molecular weight is 322 g/mol. The van der Waals surface area contributed by atoms with Crippen LogP contribution in [0, 0.1) is 11.8 Å². The van der Waals surface area contributed by atoms with Crippen LogP contribution in [0.25, 0.3) is 0 Å². The monoisotopic (exact) mass is 322 g/mol. The fourth-order valence-electron chi connectivity index (χ4n) is 1.68. The number of para-hydroxylation sites is 1. The minimum absolute atomic E-state index is 0.0453. The lowest BCUT2D eigenvalue weighted by molar-refractivity contribution is -0.114. The van der Waals surface area contributed by atoms with Crippen LogP contribution in [-0.2, 0) is 9.63 Å². The molecule has 0 fully saturated rings. The van der Waals surface area contributed by atoms with E-state index in [2.05, 4.69) is 25.3 Å². The molecule has 23 heavy (non-hydrogen) atoms. The van der Waals surface area contributed by atoms with Crippen LogP contribution in [-0.4, -0.2) is 35.7 Å². The van der Waals surface area contributed by atoms with Gasteiger partial charge >= 0.3 is 0 Å². The number of halogens is 2. The third-order valence-corrected chi connectivity index (χ3v) is 2.69. The van der Waals surface area contributed by atoms with Crippen molar-refractivity contribution in [2.75, 3.05) is 14.2 Å². The molecule has 0 spiro atoms. The van der Waals surface area contributed by atoms with Crippen LogP contribution in [0.3, 0.4) is 0 Å². The van der Waals surface area contributed by atoms with Gasteiger partial charge in [0.15, 0.2) is 5.71 Å². The molecule has 0 atom stereocenters. The van der Waals surface area contributed by atoms with Crippen LogP contribution in [0.2, 0.25) is 0 Å². The summed E-state index contributed by atoms with van der Waals surface area (Å²) in [5, 5.41) is 6.03. The molecule has 2 aromatic rings. The smallest absolute Gasteiger partial charge is 0.273 e. The molecule has 0 unspecified atom stereocenters. The summed E-state index contributed by atoms with van der Waals surface area (Å²) >= 11 is 0. The highest BCUT2D eigenvalue weighted by Gasteiger charge is 2.20. The maximum absolute atomic E-state index is 13.6. The number of ether oxygens (including phenoxy) is 1. The summed E-state index contributed by atoms with van der Waals surface area (Å²) in [5.74, 6) is -3.79. The minimum Gasteiger partial charge on any atom is -0.436 e. The number of oxime groups is 1. The van der Waals surface area contributed by atoms with E-state index in [1.807, 2.05) is 0 Å². The number of likely N-dealkylation sites (N-methyl/N-ethyl adjacent to an activating group) is 1. The van der Waals surface area contributed by atoms with E-state index in [1.54, 1.807) is 12.1 Å². The number of hydrogen-bond donors (Lipinski definition) is 1. The maximum atomic E-state index is 13.6. The van der Waals surface area contributed by atoms with E-state index in [0.717, 1.165) is 6.33 Å². The van der Waals surface area contributed by atoms with Gasteiger partial charge in [-0.15, -0.1) is 0 Å². The fraction of sp³-hybridized carbons (Fsp3) is 0.143.